The van der Waals surface area contributed by atoms with Gasteiger partial charge in [-0.05, 0) is 45.5 Å². The fraction of sp³-hybridized carbons (Fsp3) is 0.500. The van der Waals surface area contributed by atoms with E-state index in [-0.39, 0.29) is 5.41 Å². The number of hydrogen-bond acceptors (Lipinski definition) is 1. The minimum absolute atomic E-state index is 0.122. The van der Waals surface area contributed by atoms with E-state index >= 15 is 0 Å². The van der Waals surface area contributed by atoms with Gasteiger partial charge in [0.1, 0.15) is 0 Å². The van der Waals surface area contributed by atoms with Crippen molar-refractivity contribution in [3.63, 3.8) is 0 Å². The molecule has 1 N–H and O–H groups in total. The topological polar surface area (TPSA) is 12.0 Å². The van der Waals surface area contributed by atoms with Gasteiger partial charge in [0.15, 0.2) is 0 Å². The van der Waals surface area contributed by atoms with Crippen LogP contribution in [0.2, 0.25) is 0 Å². The Morgan fingerprint density at radius 3 is 2.13 bits per heavy atom. The monoisotopic (exact) mass is 333 g/mol. The van der Waals surface area contributed by atoms with Gasteiger partial charge in [-0.1, -0.05) is 36.7 Å². The number of nitrogens with one attached hydrogen (secondary N) is 1. The molecule has 0 unspecified atom stereocenters. The molecule has 0 radical (unpaired) electrons. The molecular formula is C12H17Br2N. The third-order valence-corrected chi connectivity index (χ3v) is 3.83. The first-order valence-corrected chi connectivity index (χ1v) is 6.54. The summed E-state index contributed by atoms with van der Waals surface area (Å²) >= 11 is 7.33. The molecule has 0 aliphatic rings. The van der Waals surface area contributed by atoms with E-state index in [1.807, 2.05) is 7.05 Å². The van der Waals surface area contributed by atoms with Crippen LogP contribution in [0, 0.1) is 6.92 Å². The zero-order valence-electron chi connectivity index (χ0n) is 9.83. The zero-order chi connectivity index (χ0) is 11.8. The lowest BCUT2D eigenvalue weighted by atomic mass is 9.86. The molecule has 0 saturated heterocycles. The molecule has 0 bridgehead atoms. The van der Waals surface area contributed by atoms with Crippen LogP contribution in [0.4, 0.5) is 5.69 Å². The second-order valence-corrected chi connectivity index (χ2v) is 6.39. The first-order valence-electron chi connectivity index (χ1n) is 4.96. The van der Waals surface area contributed by atoms with E-state index in [0.29, 0.717) is 0 Å². The van der Waals surface area contributed by atoms with Gasteiger partial charge in [0, 0.05) is 16.0 Å². The predicted octanol–water partition coefficient (Wildman–Crippen LogP) is 4.86. The molecule has 0 aliphatic carbocycles. The minimum atomic E-state index is 0.122. The standard InChI is InChI=1S/C12H17Br2N/c1-7-6-8(13)9(12(2,3)4)10(14)11(7)15-5/h6,15H,1-5H3. The normalized spacial score (nSPS) is 11.7. The summed E-state index contributed by atoms with van der Waals surface area (Å²) in [4.78, 5) is 0. The van der Waals surface area contributed by atoms with Gasteiger partial charge in [-0.3, -0.25) is 0 Å². The maximum Gasteiger partial charge on any atom is 0.0515 e. The van der Waals surface area contributed by atoms with Gasteiger partial charge in [-0.25, -0.2) is 0 Å². The molecule has 1 rings (SSSR count). The van der Waals surface area contributed by atoms with Crippen LogP contribution in [-0.4, -0.2) is 7.05 Å². The largest absolute Gasteiger partial charge is 0.387 e. The summed E-state index contributed by atoms with van der Waals surface area (Å²) < 4.78 is 2.32. The summed E-state index contributed by atoms with van der Waals surface area (Å²) in [5.74, 6) is 0. The van der Waals surface area contributed by atoms with E-state index < -0.39 is 0 Å². The van der Waals surface area contributed by atoms with Crippen molar-refractivity contribution in [2.24, 2.45) is 0 Å². The summed E-state index contributed by atoms with van der Waals surface area (Å²) in [5.41, 5.74) is 3.83. The SMILES string of the molecule is CNc1c(C)cc(Br)c(C(C)(C)C)c1Br. The van der Waals surface area contributed by atoms with E-state index in [4.69, 9.17) is 0 Å². The summed E-state index contributed by atoms with van der Waals surface area (Å²) in [6, 6.07) is 2.16. The van der Waals surface area contributed by atoms with E-state index in [0.717, 1.165) is 4.47 Å². The highest BCUT2D eigenvalue weighted by atomic mass is 79.9. The summed E-state index contributed by atoms with van der Waals surface area (Å²) in [6.07, 6.45) is 0. The van der Waals surface area contributed by atoms with Crippen molar-refractivity contribution in [2.75, 3.05) is 12.4 Å². The van der Waals surface area contributed by atoms with Crippen molar-refractivity contribution >= 4 is 37.5 Å². The summed E-state index contributed by atoms with van der Waals surface area (Å²) in [5, 5.41) is 3.24. The molecule has 0 aliphatic heterocycles. The van der Waals surface area contributed by atoms with Gasteiger partial charge < -0.3 is 5.32 Å². The fourth-order valence-electron chi connectivity index (χ4n) is 1.73. The van der Waals surface area contributed by atoms with Gasteiger partial charge in [0.05, 0.1) is 5.69 Å². The number of rotatable bonds is 1. The van der Waals surface area contributed by atoms with Gasteiger partial charge in [0.25, 0.3) is 0 Å². The lowest BCUT2D eigenvalue weighted by Crippen LogP contribution is -2.14. The first kappa shape index (κ1) is 13.0. The van der Waals surface area contributed by atoms with Crippen molar-refractivity contribution in [3.8, 4) is 0 Å². The predicted molar refractivity (Wildman–Crippen MR) is 74.8 cm³/mol. The molecule has 84 valence electrons. The molecule has 1 aromatic rings. The number of halogens is 2. The molecule has 15 heavy (non-hydrogen) atoms. The Balaban J connectivity index is 3.53. The number of anilines is 1. The molecule has 0 fully saturated rings. The highest BCUT2D eigenvalue weighted by Crippen LogP contribution is 2.41. The van der Waals surface area contributed by atoms with Crippen molar-refractivity contribution in [2.45, 2.75) is 33.1 Å². The van der Waals surface area contributed by atoms with Gasteiger partial charge in [-0.2, -0.15) is 0 Å². The van der Waals surface area contributed by atoms with E-state index in [1.54, 1.807) is 0 Å². The van der Waals surface area contributed by atoms with Gasteiger partial charge in [0.2, 0.25) is 0 Å². The molecular weight excluding hydrogens is 318 g/mol. The molecule has 0 aromatic heterocycles. The summed E-state index contributed by atoms with van der Waals surface area (Å²) in [6.45, 7) is 8.75. The second-order valence-electron chi connectivity index (χ2n) is 4.74. The first-order chi connectivity index (χ1) is 6.79. The lowest BCUT2D eigenvalue weighted by Gasteiger charge is -2.25. The quantitative estimate of drug-likeness (QED) is 0.773. The Hall–Kier alpha value is -0.0200. The maximum absolute atomic E-state index is 3.69. The fourth-order valence-corrected chi connectivity index (χ4v) is 4.45. The zero-order valence-corrected chi connectivity index (χ0v) is 13.0. The van der Waals surface area contributed by atoms with Crippen LogP contribution in [0.5, 0.6) is 0 Å². The van der Waals surface area contributed by atoms with Crippen molar-refractivity contribution < 1.29 is 0 Å². The van der Waals surface area contributed by atoms with Crippen LogP contribution in [0.1, 0.15) is 31.9 Å². The molecule has 3 heteroatoms. The second kappa shape index (κ2) is 4.46. The molecule has 1 aromatic carbocycles. The molecule has 0 spiro atoms. The molecule has 0 atom stereocenters. The van der Waals surface area contributed by atoms with Crippen LogP contribution in [0.25, 0.3) is 0 Å². The van der Waals surface area contributed by atoms with Crippen molar-refractivity contribution in [1.82, 2.24) is 0 Å². The minimum Gasteiger partial charge on any atom is -0.387 e. The highest BCUT2D eigenvalue weighted by molar-refractivity contribution is 9.11. The number of aryl methyl sites for hydroxylation is 1. The van der Waals surface area contributed by atoms with E-state index in [2.05, 4.69) is 70.9 Å². The molecule has 0 amide bonds. The summed E-state index contributed by atoms with van der Waals surface area (Å²) in [7, 11) is 1.95. The Labute approximate surface area is 109 Å². The number of hydrogen-bond donors (Lipinski definition) is 1. The average Bonchev–Trinajstić information content (AvgIpc) is 2.00. The van der Waals surface area contributed by atoms with Crippen LogP contribution >= 0.6 is 31.9 Å². The van der Waals surface area contributed by atoms with Gasteiger partial charge >= 0.3 is 0 Å². The van der Waals surface area contributed by atoms with Crippen molar-refractivity contribution in [3.05, 3.63) is 26.1 Å². The molecule has 0 saturated carbocycles. The Morgan fingerprint density at radius 2 is 1.73 bits per heavy atom. The molecule has 0 heterocycles. The third kappa shape index (κ3) is 2.56. The lowest BCUT2D eigenvalue weighted by molar-refractivity contribution is 0.584. The Morgan fingerprint density at radius 1 is 1.20 bits per heavy atom. The average molecular weight is 335 g/mol. The molecule has 1 nitrogen and oxygen atoms in total. The van der Waals surface area contributed by atoms with Gasteiger partial charge in [-0.15, -0.1) is 0 Å². The van der Waals surface area contributed by atoms with E-state index in [9.17, 15) is 0 Å². The van der Waals surface area contributed by atoms with Crippen LogP contribution < -0.4 is 5.32 Å². The third-order valence-electron chi connectivity index (χ3n) is 2.42. The van der Waals surface area contributed by atoms with E-state index in [1.165, 1.54) is 21.3 Å². The Bertz CT molecular complexity index is 378. The smallest absolute Gasteiger partial charge is 0.0515 e. The maximum atomic E-state index is 3.69. The Kier molecular flexibility index (Phi) is 3.88. The van der Waals surface area contributed by atoms with Crippen LogP contribution in [0.15, 0.2) is 15.0 Å². The number of benzene rings is 1. The highest BCUT2D eigenvalue weighted by Gasteiger charge is 2.23. The van der Waals surface area contributed by atoms with Crippen LogP contribution in [0.3, 0.4) is 0 Å². The van der Waals surface area contributed by atoms with Crippen LogP contribution in [-0.2, 0) is 5.41 Å². The van der Waals surface area contributed by atoms with Crippen molar-refractivity contribution in [1.29, 1.82) is 0 Å².